The van der Waals surface area contributed by atoms with Gasteiger partial charge in [0.15, 0.2) is 0 Å². The Bertz CT molecular complexity index is 251. The molecule has 2 saturated heterocycles. The van der Waals surface area contributed by atoms with Crippen LogP contribution in [0.2, 0.25) is 0 Å². The molecule has 0 bridgehead atoms. The molecule has 0 aromatic rings. The Kier molecular flexibility index (Phi) is 2.73. The van der Waals surface area contributed by atoms with Crippen molar-refractivity contribution in [3.05, 3.63) is 0 Å². The SMILES string of the molecule is OC1(C2CCOC3(CCCCC3)C2)CNC1. The van der Waals surface area contributed by atoms with Crippen LogP contribution in [0.4, 0.5) is 0 Å². The molecule has 2 N–H and O–H groups in total. The van der Waals surface area contributed by atoms with Crippen LogP contribution in [-0.4, -0.2) is 36.0 Å². The third-order valence-corrected chi connectivity index (χ3v) is 4.88. The van der Waals surface area contributed by atoms with Crippen LogP contribution < -0.4 is 5.32 Å². The molecule has 1 aliphatic carbocycles. The predicted molar refractivity (Wildman–Crippen MR) is 62.3 cm³/mol. The maximum Gasteiger partial charge on any atom is 0.0924 e. The first-order chi connectivity index (χ1) is 7.73. The van der Waals surface area contributed by atoms with E-state index in [0.29, 0.717) is 5.92 Å². The molecule has 3 heteroatoms. The van der Waals surface area contributed by atoms with Gasteiger partial charge in [0.05, 0.1) is 11.2 Å². The Morgan fingerprint density at radius 3 is 2.50 bits per heavy atom. The van der Waals surface area contributed by atoms with E-state index in [2.05, 4.69) is 5.32 Å². The van der Waals surface area contributed by atoms with Gasteiger partial charge in [-0.1, -0.05) is 19.3 Å². The van der Waals surface area contributed by atoms with Crippen molar-refractivity contribution < 1.29 is 9.84 Å². The Balaban J connectivity index is 1.69. The standard InChI is InChI=1S/C13H23NO2/c15-13(9-14-10-13)11-4-7-16-12(8-11)5-2-1-3-6-12/h11,14-15H,1-10H2. The second kappa shape index (κ2) is 3.97. The van der Waals surface area contributed by atoms with Gasteiger partial charge in [-0.05, 0) is 31.6 Å². The van der Waals surface area contributed by atoms with Crippen LogP contribution in [0.25, 0.3) is 0 Å². The van der Waals surface area contributed by atoms with Crippen molar-refractivity contribution in [3.8, 4) is 0 Å². The molecule has 3 rings (SSSR count). The first-order valence-electron chi connectivity index (χ1n) is 6.80. The second-order valence-corrected chi connectivity index (χ2v) is 5.99. The average molecular weight is 225 g/mol. The summed E-state index contributed by atoms with van der Waals surface area (Å²) in [5.41, 5.74) is -0.291. The topological polar surface area (TPSA) is 41.5 Å². The van der Waals surface area contributed by atoms with Crippen molar-refractivity contribution in [1.82, 2.24) is 5.32 Å². The maximum absolute atomic E-state index is 10.4. The van der Waals surface area contributed by atoms with Gasteiger partial charge in [-0.3, -0.25) is 0 Å². The van der Waals surface area contributed by atoms with Gasteiger partial charge in [0, 0.05) is 19.7 Å². The van der Waals surface area contributed by atoms with E-state index >= 15 is 0 Å². The van der Waals surface area contributed by atoms with Gasteiger partial charge in [-0.2, -0.15) is 0 Å². The summed E-state index contributed by atoms with van der Waals surface area (Å²) in [6.07, 6.45) is 8.54. The summed E-state index contributed by atoms with van der Waals surface area (Å²) in [6, 6.07) is 0. The quantitative estimate of drug-likeness (QED) is 0.709. The molecular weight excluding hydrogens is 202 g/mol. The number of nitrogens with one attached hydrogen (secondary N) is 1. The van der Waals surface area contributed by atoms with Crippen LogP contribution in [0.1, 0.15) is 44.9 Å². The molecule has 1 spiro atoms. The highest BCUT2D eigenvalue weighted by molar-refractivity contribution is 5.03. The van der Waals surface area contributed by atoms with Crippen molar-refractivity contribution in [3.63, 3.8) is 0 Å². The van der Waals surface area contributed by atoms with Crippen molar-refractivity contribution in [1.29, 1.82) is 0 Å². The Morgan fingerprint density at radius 2 is 1.88 bits per heavy atom. The first-order valence-corrected chi connectivity index (χ1v) is 6.80. The largest absolute Gasteiger partial charge is 0.387 e. The highest BCUT2D eigenvalue weighted by Crippen LogP contribution is 2.44. The number of hydrogen-bond acceptors (Lipinski definition) is 3. The van der Waals surface area contributed by atoms with E-state index in [1.165, 1.54) is 32.1 Å². The molecular formula is C13H23NO2. The molecule has 2 heterocycles. The molecule has 3 nitrogen and oxygen atoms in total. The lowest BCUT2D eigenvalue weighted by molar-refractivity contribution is -0.167. The molecule has 0 aromatic carbocycles. The number of aliphatic hydroxyl groups is 1. The Morgan fingerprint density at radius 1 is 1.12 bits per heavy atom. The van der Waals surface area contributed by atoms with Crippen molar-refractivity contribution in [2.24, 2.45) is 5.92 Å². The minimum absolute atomic E-state index is 0.131. The molecule has 3 aliphatic rings. The Labute approximate surface area is 97.6 Å². The molecule has 0 radical (unpaired) electrons. The maximum atomic E-state index is 10.4. The summed E-state index contributed by atoms with van der Waals surface area (Å²) >= 11 is 0. The fraction of sp³-hybridized carbons (Fsp3) is 1.00. The fourth-order valence-corrected chi connectivity index (χ4v) is 3.70. The molecule has 0 aromatic heterocycles. The van der Waals surface area contributed by atoms with Crippen LogP contribution in [-0.2, 0) is 4.74 Å². The van der Waals surface area contributed by atoms with Crippen molar-refractivity contribution >= 4 is 0 Å². The fourth-order valence-electron chi connectivity index (χ4n) is 3.70. The first kappa shape index (κ1) is 11.0. The van der Waals surface area contributed by atoms with E-state index in [1.807, 2.05) is 0 Å². The minimum Gasteiger partial charge on any atom is -0.387 e. The second-order valence-electron chi connectivity index (χ2n) is 5.99. The zero-order chi connectivity index (χ0) is 11.1. The normalized spacial score (nSPS) is 36.9. The Hall–Kier alpha value is -0.120. The molecule has 1 unspecified atom stereocenters. The van der Waals surface area contributed by atoms with E-state index < -0.39 is 5.60 Å². The molecule has 92 valence electrons. The van der Waals surface area contributed by atoms with Gasteiger partial charge >= 0.3 is 0 Å². The summed E-state index contributed by atoms with van der Waals surface area (Å²) in [5, 5.41) is 13.6. The van der Waals surface area contributed by atoms with Crippen LogP contribution >= 0.6 is 0 Å². The van der Waals surface area contributed by atoms with Gasteiger partial charge in [-0.15, -0.1) is 0 Å². The molecule has 1 saturated carbocycles. The molecule has 1 atom stereocenters. The van der Waals surface area contributed by atoms with Crippen molar-refractivity contribution in [2.75, 3.05) is 19.7 Å². The van der Waals surface area contributed by atoms with E-state index in [1.54, 1.807) is 0 Å². The molecule has 16 heavy (non-hydrogen) atoms. The highest BCUT2D eigenvalue weighted by atomic mass is 16.5. The zero-order valence-electron chi connectivity index (χ0n) is 10.0. The predicted octanol–water partition coefficient (Wildman–Crippen LogP) is 1.45. The summed E-state index contributed by atoms with van der Waals surface area (Å²) in [7, 11) is 0. The van der Waals surface area contributed by atoms with Crippen LogP contribution in [0.5, 0.6) is 0 Å². The molecule has 0 amide bonds. The summed E-state index contributed by atoms with van der Waals surface area (Å²) in [6.45, 7) is 2.43. The lowest BCUT2D eigenvalue weighted by Crippen LogP contribution is -2.65. The summed E-state index contributed by atoms with van der Waals surface area (Å²) < 4.78 is 6.07. The van der Waals surface area contributed by atoms with Crippen LogP contribution in [0.15, 0.2) is 0 Å². The molecule has 2 aliphatic heterocycles. The molecule has 3 fully saturated rings. The van der Waals surface area contributed by atoms with Gasteiger partial charge in [0.2, 0.25) is 0 Å². The number of hydrogen-bond donors (Lipinski definition) is 2. The van der Waals surface area contributed by atoms with Gasteiger partial charge in [0.1, 0.15) is 0 Å². The number of rotatable bonds is 1. The summed E-state index contributed by atoms with van der Waals surface area (Å²) in [4.78, 5) is 0. The lowest BCUT2D eigenvalue weighted by atomic mass is 9.69. The van der Waals surface area contributed by atoms with Gasteiger partial charge in [-0.25, -0.2) is 0 Å². The van der Waals surface area contributed by atoms with E-state index in [9.17, 15) is 5.11 Å². The minimum atomic E-state index is -0.422. The average Bonchev–Trinajstić information content (AvgIpc) is 2.27. The third-order valence-electron chi connectivity index (χ3n) is 4.88. The monoisotopic (exact) mass is 225 g/mol. The highest BCUT2D eigenvalue weighted by Gasteiger charge is 2.48. The van der Waals surface area contributed by atoms with E-state index in [0.717, 1.165) is 32.5 Å². The number of ether oxygens (including phenoxy) is 1. The summed E-state index contributed by atoms with van der Waals surface area (Å²) in [5.74, 6) is 0.459. The third kappa shape index (κ3) is 1.79. The van der Waals surface area contributed by atoms with Crippen LogP contribution in [0, 0.1) is 5.92 Å². The van der Waals surface area contributed by atoms with Crippen molar-refractivity contribution in [2.45, 2.75) is 56.1 Å². The van der Waals surface area contributed by atoms with E-state index in [-0.39, 0.29) is 5.60 Å². The smallest absolute Gasteiger partial charge is 0.0924 e. The zero-order valence-corrected chi connectivity index (χ0v) is 10.0. The van der Waals surface area contributed by atoms with E-state index in [4.69, 9.17) is 4.74 Å². The van der Waals surface area contributed by atoms with Crippen LogP contribution in [0.3, 0.4) is 0 Å². The van der Waals surface area contributed by atoms with Gasteiger partial charge in [0.25, 0.3) is 0 Å². The lowest BCUT2D eigenvalue weighted by Gasteiger charge is -2.51. The number of β-amino-alcohol motifs (C(OH)–C–C–N with tert-alkyl or cyclic N) is 1. The van der Waals surface area contributed by atoms with Gasteiger partial charge < -0.3 is 15.2 Å².